The summed E-state index contributed by atoms with van der Waals surface area (Å²) in [5.74, 6) is 1.08. The van der Waals surface area contributed by atoms with Gasteiger partial charge in [-0.25, -0.2) is 4.98 Å². The van der Waals surface area contributed by atoms with Crippen LogP contribution in [0.5, 0.6) is 0 Å². The molecule has 1 saturated carbocycles. The maximum atomic E-state index is 12.1. The summed E-state index contributed by atoms with van der Waals surface area (Å²) in [6.45, 7) is 2.57. The number of rotatable bonds is 3. The highest BCUT2D eigenvalue weighted by Gasteiger charge is 2.31. The molecule has 2 atom stereocenters. The summed E-state index contributed by atoms with van der Waals surface area (Å²) < 4.78 is 0. The van der Waals surface area contributed by atoms with E-state index in [-0.39, 0.29) is 11.8 Å². The Kier molecular flexibility index (Phi) is 3.74. The van der Waals surface area contributed by atoms with Gasteiger partial charge in [0.15, 0.2) is 0 Å². The number of nitrogens with one attached hydrogen (secondary N) is 1. The fraction of sp³-hybridized carbons (Fsp3) is 0.538. The van der Waals surface area contributed by atoms with Crippen LogP contribution in [-0.4, -0.2) is 17.4 Å². The van der Waals surface area contributed by atoms with Crippen molar-refractivity contribution in [3.63, 3.8) is 0 Å². The van der Waals surface area contributed by atoms with E-state index in [4.69, 9.17) is 5.73 Å². The lowest BCUT2D eigenvalue weighted by molar-refractivity contribution is -0.120. The van der Waals surface area contributed by atoms with Gasteiger partial charge in [-0.1, -0.05) is 12.5 Å². The Morgan fingerprint density at radius 2 is 2.35 bits per heavy atom. The van der Waals surface area contributed by atoms with Crippen LogP contribution < -0.4 is 11.1 Å². The standard InChI is InChI=1S/C13H19N3O/c1-9-5-6-12(15-8-9)16-13(17)11-4-2-3-10(11)7-14/h5-6,8,10-11H,2-4,7,14H2,1H3,(H,15,16,17). The fourth-order valence-corrected chi connectivity index (χ4v) is 2.42. The van der Waals surface area contributed by atoms with Crippen LogP contribution in [0.4, 0.5) is 5.82 Å². The van der Waals surface area contributed by atoms with Crippen molar-refractivity contribution in [1.82, 2.24) is 4.98 Å². The van der Waals surface area contributed by atoms with E-state index in [2.05, 4.69) is 10.3 Å². The number of pyridine rings is 1. The zero-order chi connectivity index (χ0) is 12.3. The average Bonchev–Trinajstić information content (AvgIpc) is 2.80. The molecule has 1 fully saturated rings. The maximum Gasteiger partial charge on any atom is 0.228 e. The van der Waals surface area contributed by atoms with Crippen LogP contribution in [0, 0.1) is 18.8 Å². The molecule has 0 radical (unpaired) electrons. The number of hydrogen-bond acceptors (Lipinski definition) is 3. The highest BCUT2D eigenvalue weighted by molar-refractivity contribution is 5.92. The van der Waals surface area contributed by atoms with Gasteiger partial charge in [-0.15, -0.1) is 0 Å². The van der Waals surface area contributed by atoms with Crippen LogP contribution in [0.2, 0.25) is 0 Å². The molecule has 4 heteroatoms. The molecule has 1 aliphatic rings. The molecule has 0 bridgehead atoms. The zero-order valence-corrected chi connectivity index (χ0v) is 10.1. The van der Waals surface area contributed by atoms with Crippen LogP contribution in [0.3, 0.4) is 0 Å². The molecule has 2 rings (SSSR count). The van der Waals surface area contributed by atoms with Gasteiger partial charge in [0.1, 0.15) is 5.82 Å². The maximum absolute atomic E-state index is 12.1. The highest BCUT2D eigenvalue weighted by atomic mass is 16.2. The minimum absolute atomic E-state index is 0.0584. The molecule has 1 heterocycles. The van der Waals surface area contributed by atoms with Gasteiger partial charge in [0.2, 0.25) is 5.91 Å². The Morgan fingerprint density at radius 1 is 1.53 bits per heavy atom. The fourth-order valence-electron chi connectivity index (χ4n) is 2.42. The second kappa shape index (κ2) is 5.27. The number of hydrogen-bond donors (Lipinski definition) is 2. The molecule has 1 aliphatic carbocycles. The van der Waals surface area contributed by atoms with E-state index in [0.717, 1.165) is 24.8 Å². The number of amides is 1. The van der Waals surface area contributed by atoms with E-state index < -0.39 is 0 Å². The van der Waals surface area contributed by atoms with Crippen molar-refractivity contribution >= 4 is 11.7 Å². The van der Waals surface area contributed by atoms with Gasteiger partial charge < -0.3 is 11.1 Å². The van der Waals surface area contributed by atoms with Crippen molar-refractivity contribution in [2.75, 3.05) is 11.9 Å². The van der Waals surface area contributed by atoms with Crippen molar-refractivity contribution in [2.24, 2.45) is 17.6 Å². The quantitative estimate of drug-likeness (QED) is 0.835. The second-order valence-corrected chi connectivity index (χ2v) is 4.74. The number of carbonyl (C=O) groups excluding carboxylic acids is 1. The van der Waals surface area contributed by atoms with Crippen LogP contribution in [0.1, 0.15) is 24.8 Å². The SMILES string of the molecule is Cc1ccc(NC(=O)C2CCCC2CN)nc1. The van der Waals surface area contributed by atoms with Gasteiger partial charge >= 0.3 is 0 Å². The van der Waals surface area contributed by atoms with E-state index in [1.54, 1.807) is 6.20 Å². The lowest BCUT2D eigenvalue weighted by Gasteiger charge is -2.16. The summed E-state index contributed by atoms with van der Waals surface area (Å²) in [5.41, 5.74) is 6.77. The minimum atomic E-state index is 0.0584. The van der Waals surface area contributed by atoms with E-state index >= 15 is 0 Å². The molecular formula is C13H19N3O. The normalized spacial score (nSPS) is 23.6. The van der Waals surface area contributed by atoms with Crippen LogP contribution in [-0.2, 0) is 4.79 Å². The van der Waals surface area contributed by atoms with Gasteiger partial charge in [-0.2, -0.15) is 0 Å². The molecule has 2 unspecified atom stereocenters. The summed E-state index contributed by atoms with van der Waals surface area (Å²) in [5, 5.41) is 2.87. The Bertz CT molecular complexity index is 388. The molecule has 0 saturated heterocycles. The Hall–Kier alpha value is -1.42. The molecule has 3 N–H and O–H groups in total. The first-order valence-electron chi connectivity index (χ1n) is 6.14. The first-order chi connectivity index (χ1) is 8.20. The van der Waals surface area contributed by atoms with Crippen molar-refractivity contribution in [3.8, 4) is 0 Å². The van der Waals surface area contributed by atoms with Crippen molar-refractivity contribution in [1.29, 1.82) is 0 Å². The van der Waals surface area contributed by atoms with Crippen LogP contribution in [0.15, 0.2) is 18.3 Å². The Balaban J connectivity index is 1.99. The van der Waals surface area contributed by atoms with Gasteiger partial charge in [-0.3, -0.25) is 4.79 Å². The first kappa shape index (κ1) is 12.0. The predicted molar refractivity (Wildman–Crippen MR) is 67.5 cm³/mol. The molecule has 0 aromatic carbocycles. The first-order valence-corrected chi connectivity index (χ1v) is 6.14. The Morgan fingerprint density at radius 3 is 3.00 bits per heavy atom. The topological polar surface area (TPSA) is 68.0 Å². The van der Waals surface area contributed by atoms with E-state index in [0.29, 0.717) is 18.3 Å². The molecule has 1 amide bonds. The number of nitrogens with zero attached hydrogens (tertiary/aromatic N) is 1. The second-order valence-electron chi connectivity index (χ2n) is 4.74. The van der Waals surface area contributed by atoms with Crippen molar-refractivity contribution in [3.05, 3.63) is 23.9 Å². The summed E-state index contributed by atoms with van der Waals surface area (Å²) in [6, 6.07) is 3.78. The number of aryl methyl sites for hydroxylation is 1. The summed E-state index contributed by atoms with van der Waals surface area (Å²) in [7, 11) is 0. The largest absolute Gasteiger partial charge is 0.330 e. The van der Waals surface area contributed by atoms with E-state index in [9.17, 15) is 4.79 Å². The monoisotopic (exact) mass is 233 g/mol. The zero-order valence-electron chi connectivity index (χ0n) is 10.1. The van der Waals surface area contributed by atoms with Gasteiger partial charge in [0.05, 0.1) is 0 Å². The molecule has 1 aromatic heterocycles. The van der Waals surface area contributed by atoms with Crippen molar-refractivity contribution in [2.45, 2.75) is 26.2 Å². The summed E-state index contributed by atoms with van der Waals surface area (Å²) in [4.78, 5) is 16.2. The van der Waals surface area contributed by atoms with Gasteiger partial charge in [-0.05, 0) is 43.9 Å². The highest BCUT2D eigenvalue weighted by Crippen LogP contribution is 2.31. The molecule has 0 aliphatic heterocycles. The number of anilines is 1. The molecule has 1 aromatic rings. The average molecular weight is 233 g/mol. The molecule has 0 spiro atoms. The lowest BCUT2D eigenvalue weighted by atomic mass is 9.95. The van der Waals surface area contributed by atoms with Crippen LogP contribution >= 0.6 is 0 Å². The lowest BCUT2D eigenvalue weighted by Crippen LogP contribution is -2.30. The Labute approximate surface area is 102 Å². The molecule has 4 nitrogen and oxygen atoms in total. The summed E-state index contributed by atoms with van der Waals surface area (Å²) in [6.07, 6.45) is 4.86. The number of aromatic nitrogens is 1. The third-order valence-corrected chi connectivity index (χ3v) is 3.46. The smallest absolute Gasteiger partial charge is 0.228 e. The van der Waals surface area contributed by atoms with E-state index in [1.807, 2.05) is 19.1 Å². The molecular weight excluding hydrogens is 214 g/mol. The molecule has 92 valence electrons. The third kappa shape index (κ3) is 2.82. The summed E-state index contributed by atoms with van der Waals surface area (Å²) >= 11 is 0. The van der Waals surface area contributed by atoms with E-state index in [1.165, 1.54) is 0 Å². The van der Waals surface area contributed by atoms with Crippen molar-refractivity contribution < 1.29 is 4.79 Å². The van der Waals surface area contributed by atoms with Crippen LogP contribution in [0.25, 0.3) is 0 Å². The van der Waals surface area contributed by atoms with Gasteiger partial charge in [0.25, 0.3) is 0 Å². The minimum Gasteiger partial charge on any atom is -0.330 e. The van der Waals surface area contributed by atoms with Gasteiger partial charge in [0, 0.05) is 12.1 Å². The molecule has 17 heavy (non-hydrogen) atoms. The third-order valence-electron chi connectivity index (χ3n) is 3.46. The number of nitrogens with two attached hydrogens (primary N) is 1. The number of carbonyl (C=O) groups is 1. The predicted octanol–water partition coefficient (Wildman–Crippen LogP) is 1.70.